The molecule has 1 aliphatic rings. The van der Waals surface area contributed by atoms with E-state index in [9.17, 15) is 0 Å². The number of benzene rings is 2. The second-order valence-electron chi connectivity index (χ2n) is 7.22. The Morgan fingerprint density at radius 3 is 2.77 bits per heavy atom. The second-order valence-corrected chi connectivity index (χ2v) is 12.0. The molecule has 0 radical (unpaired) electrons. The van der Waals surface area contributed by atoms with Gasteiger partial charge in [-0.05, 0) is 45.9 Å². The molecule has 0 amide bonds. The third-order valence-electron chi connectivity index (χ3n) is 5.42. The molecule has 0 atom stereocenters. The fraction of sp³-hybridized carbons (Fsp3) is 0.368. The number of fused-ring (bicyclic) bond motifs is 4. The van der Waals surface area contributed by atoms with E-state index in [0.717, 1.165) is 11.9 Å². The van der Waals surface area contributed by atoms with Gasteiger partial charge in [-0.2, -0.15) is 0 Å². The molecule has 4 rings (SSSR count). The van der Waals surface area contributed by atoms with Crippen LogP contribution in [0.3, 0.4) is 0 Å². The van der Waals surface area contributed by atoms with Crippen molar-refractivity contribution >= 4 is 34.9 Å². The third kappa shape index (κ3) is 1.85. The predicted octanol–water partition coefficient (Wildman–Crippen LogP) is 3.25. The van der Waals surface area contributed by atoms with Crippen LogP contribution in [0, 0.1) is 0 Å². The lowest BCUT2D eigenvalue weighted by molar-refractivity contribution is -0.680. The molecule has 0 spiro atoms. The third-order valence-corrected chi connectivity index (χ3v) is 8.85. The van der Waals surface area contributed by atoms with Crippen molar-refractivity contribution in [2.45, 2.75) is 38.9 Å². The summed E-state index contributed by atoms with van der Waals surface area (Å²) in [6.07, 6.45) is 4.24. The van der Waals surface area contributed by atoms with Gasteiger partial charge in [0.25, 0.3) is 6.33 Å². The standard InChI is InChI=1S/C19H23N2Si/c1-5-18-16-10-13-6-7-19-14(8-9-22(19,3)4)15(13)11-17(16)20-12-21(18)2/h6-7,10-12H,5,8-9H2,1-4H3/q+1. The first-order valence-corrected chi connectivity index (χ1v) is 11.5. The van der Waals surface area contributed by atoms with E-state index in [0.29, 0.717) is 0 Å². The van der Waals surface area contributed by atoms with Gasteiger partial charge in [0.2, 0.25) is 0 Å². The lowest BCUT2D eigenvalue weighted by Crippen LogP contribution is -2.37. The zero-order chi connectivity index (χ0) is 15.5. The first-order chi connectivity index (χ1) is 10.5. The van der Waals surface area contributed by atoms with Gasteiger partial charge in [-0.25, -0.2) is 4.57 Å². The van der Waals surface area contributed by atoms with Crippen molar-refractivity contribution in [1.29, 1.82) is 0 Å². The van der Waals surface area contributed by atoms with Crippen molar-refractivity contribution in [3.63, 3.8) is 0 Å². The predicted molar refractivity (Wildman–Crippen MR) is 95.4 cm³/mol. The van der Waals surface area contributed by atoms with E-state index in [-0.39, 0.29) is 0 Å². The number of nitrogens with zero attached hydrogens (tertiary/aromatic N) is 2. The first-order valence-electron chi connectivity index (χ1n) is 8.24. The van der Waals surface area contributed by atoms with Crippen LogP contribution >= 0.6 is 0 Å². The molecule has 0 bridgehead atoms. The first kappa shape index (κ1) is 13.9. The molecule has 112 valence electrons. The van der Waals surface area contributed by atoms with Gasteiger partial charge in [-0.3, -0.25) is 0 Å². The van der Waals surface area contributed by atoms with Crippen molar-refractivity contribution < 1.29 is 4.57 Å². The van der Waals surface area contributed by atoms with Crippen molar-refractivity contribution in [2.75, 3.05) is 0 Å². The summed E-state index contributed by atoms with van der Waals surface area (Å²) in [7, 11) is 0.893. The van der Waals surface area contributed by atoms with Crippen LogP contribution in [0.2, 0.25) is 19.1 Å². The Morgan fingerprint density at radius 2 is 2.00 bits per heavy atom. The summed E-state index contributed by atoms with van der Waals surface area (Å²) in [5, 5.41) is 5.78. The highest BCUT2D eigenvalue weighted by molar-refractivity contribution is 6.91. The van der Waals surface area contributed by atoms with Crippen LogP contribution in [0.4, 0.5) is 0 Å². The van der Waals surface area contributed by atoms with Gasteiger partial charge in [0.1, 0.15) is 5.69 Å². The highest BCUT2D eigenvalue weighted by atomic mass is 28.3. The van der Waals surface area contributed by atoms with Gasteiger partial charge >= 0.3 is 0 Å². The molecule has 2 nitrogen and oxygen atoms in total. The summed E-state index contributed by atoms with van der Waals surface area (Å²) in [5.41, 5.74) is 4.11. The minimum absolute atomic E-state index is 1.03. The zero-order valence-electron chi connectivity index (χ0n) is 13.9. The average Bonchev–Trinajstić information content (AvgIpc) is 2.81. The highest BCUT2D eigenvalue weighted by Crippen LogP contribution is 2.31. The molecular formula is C19H23N2Si+. The van der Waals surface area contributed by atoms with E-state index in [2.05, 4.69) is 60.9 Å². The molecule has 3 aromatic rings. The largest absolute Gasteiger partial charge is 0.286 e. The van der Waals surface area contributed by atoms with E-state index in [1.54, 1.807) is 10.8 Å². The number of hydrogen-bond donors (Lipinski definition) is 0. The SMILES string of the molecule is CCc1c2cc3ccc4c(c3cc2nc[n+]1C)CC[Si]4(C)C. The van der Waals surface area contributed by atoms with E-state index >= 15 is 0 Å². The smallest absolute Gasteiger partial charge is 0.236 e. The zero-order valence-corrected chi connectivity index (χ0v) is 14.9. The highest BCUT2D eigenvalue weighted by Gasteiger charge is 2.32. The molecule has 0 unspecified atom stereocenters. The topological polar surface area (TPSA) is 16.8 Å². The number of aromatic nitrogens is 2. The molecule has 1 aliphatic heterocycles. The minimum Gasteiger partial charge on any atom is -0.236 e. The van der Waals surface area contributed by atoms with Crippen LogP contribution in [0.15, 0.2) is 30.6 Å². The summed E-state index contributed by atoms with van der Waals surface area (Å²) >= 11 is 0. The van der Waals surface area contributed by atoms with Crippen LogP contribution in [0.5, 0.6) is 0 Å². The Hall–Kier alpha value is -1.74. The van der Waals surface area contributed by atoms with E-state index in [1.165, 1.54) is 34.3 Å². The van der Waals surface area contributed by atoms with Crippen LogP contribution in [0.1, 0.15) is 18.2 Å². The molecule has 0 N–H and O–H groups in total. The maximum atomic E-state index is 4.68. The van der Waals surface area contributed by atoms with Gasteiger partial charge in [-0.1, -0.05) is 37.3 Å². The van der Waals surface area contributed by atoms with Crippen molar-refractivity contribution in [1.82, 2.24) is 4.98 Å². The molecule has 1 aromatic heterocycles. The fourth-order valence-electron chi connectivity index (χ4n) is 4.08. The lowest BCUT2D eigenvalue weighted by atomic mass is 9.99. The molecule has 0 aliphatic carbocycles. The van der Waals surface area contributed by atoms with Crippen molar-refractivity contribution in [3.05, 3.63) is 41.9 Å². The molecule has 3 heteroatoms. The summed E-state index contributed by atoms with van der Waals surface area (Å²) < 4.78 is 2.15. The normalized spacial score (nSPS) is 16.4. The Balaban J connectivity index is 2.09. The van der Waals surface area contributed by atoms with E-state index in [4.69, 9.17) is 0 Å². The van der Waals surface area contributed by atoms with Crippen LogP contribution in [-0.4, -0.2) is 13.1 Å². The lowest BCUT2D eigenvalue weighted by Gasteiger charge is -2.16. The summed E-state index contributed by atoms with van der Waals surface area (Å²) in [5.74, 6) is 0. The van der Waals surface area contributed by atoms with Crippen LogP contribution in [0.25, 0.3) is 21.7 Å². The van der Waals surface area contributed by atoms with Gasteiger partial charge in [0.15, 0.2) is 5.52 Å². The molecule has 0 fully saturated rings. The van der Waals surface area contributed by atoms with Gasteiger partial charge < -0.3 is 0 Å². The number of rotatable bonds is 1. The van der Waals surface area contributed by atoms with Crippen molar-refractivity contribution in [2.24, 2.45) is 7.05 Å². The molecule has 2 aromatic carbocycles. The molecular weight excluding hydrogens is 284 g/mol. The Labute approximate surface area is 132 Å². The number of aryl methyl sites for hydroxylation is 3. The van der Waals surface area contributed by atoms with Gasteiger partial charge in [0, 0.05) is 6.42 Å². The molecule has 22 heavy (non-hydrogen) atoms. The summed E-state index contributed by atoms with van der Waals surface area (Å²) in [6.45, 7) is 7.22. The maximum absolute atomic E-state index is 4.68. The van der Waals surface area contributed by atoms with E-state index < -0.39 is 8.07 Å². The van der Waals surface area contributed by atoms with E-state index in [1.807, 2.05) is 6.33 Å². The molecule has 0 saturated carbocycles. The maximum Gasteiger partial charge on any atom is 0.286 e. The monoisotopic (exact) mass is 307 g/mol. The van der Waals surface area contributed by atoms with Crippen LogP contribution < -0.4 is 9.75 Å². The van der Waals surface area contributed by atoms with Gasteiger partial charge in [0.05, 0.1) is 20.5 Å². The average molecular weight is 307 g/mol. The second kappa shape index (κ2) is 4.62. The fourth-order valence-corrected chi connectivity index (χ4v) is 6.84. The van der Waals surface area contributed by atoms with Crippen molar-refractivity contribution in [3.8, 4) is 0 Å². The van der Waals surface area contributed by atoms with Gasteiger partial charge in [-0.15, -0.1) is 0 Å². The number of hydrogen-bond acceptors (Lipinski definition) is 1. The minimum atomic E-state index is -1.20. The summed E-state index contributed by atoms with van der Waals surface area (Å²) in [4.78, 5) is 4.68. The Morgan fingerprint density at radius 1 is 1.18 bits per heavy atom. The molecule has 0 saturated heterocycles. The Bertz CT molecular complexity index is 912. The van der Waals surface area contributed by atoms with Crippen LogP contribution in [-0.2, 0) is 19.9 Å². The Kier molecular flexibility index (Phi) is 2.92. The quantitative estimate of drug-likeness (QED) is 0.383. The molecule has 2 heterocycles. The summed E-state index contributed by atoms with van der Waals surface area (Å²) in [6, 6.07) is 10.8.